The van der Waals surface area contributed by atoms with Gasteiger partial charge in [-0.25, -0.2) is 4.79 Å². The van der Waals surface area contributed by atoms with Crippen LogP contribution in [0.3, 0.4) is 0 Å². The second-order valence-corrected chi connectivity index (χ2v) is 4.42. The van der Waals surface area contributed by atoms with Crippen LogP contribution >= 0.6 is 0 Å². The molecule has 0 bridgehead atoms. The van der Waals surface area contributed by atoms with Gasteiger partial charge in [0.15, 0.2) is 0 Å². The highest BCUT2D eigenvalue weighted by Gasteiger charge is 2.33. The SMILES string of the molecule is COC(=O)NC1CCCCC1(C)C. The Balaban J connectivity index is 2.51. The van der Waals surface area contributed by atoms with E-state index in [2.05, 4.69) is 23.9 Å². The molecule has 0 heterocycles. The first kappa shape index (κ1) is 10.4. The zero-order valence-corrected chi connectivity index (χ0v) is 8.72. The van der Waals surface area contributed by atoms with Crippen LogP contribution in [0.2, 0.25) is 0 Å². The average Bonchev–Trinajstić information content (AvgIpc) is 2.08. The third kappa shape index (κ3) is 2.61. The van der Waals surface area contributed by atoms with Crippen molar-refractivity contribution in [3.05, 3.63) is 0 Å². The maximum atomic E-state index is 11.0. The molecule has 1 fully saturated rings. The molecule has 1 unspecified atom stereocenters. The van der Waals surface area contributed by atoms with Gasteiger partial charge >= 0.3 is 6.09 Å². The number of ether oxygens (including phenoxy) is 1. The van der Waals surface area contributed by atoms with Crippen molar-refractivity contribution in [1.29, 1.82) is 0 Å². The van der Waals surface area contributed by atoms with Gasteiger partial charge in [-0.15, -0.1) is 0 Å². The Morgan fingerprint density at radius 1 is 1.46 bits per heavy atom. The van der Waals surface area contributed by atoms with Crippen LogP contribution < -0.4 is 5.32 Å². The van der Waals surface area contributed by atoms with E-state index in [1.54, 1.807) is 0 Å². The average molecular weight is 185 g/mol. The monoisotopic (exact) mass is 185 g/mol. The number of carbonyl (C=O) groups excluding carboxylic acids is 1. The summed E-state index contributed by atoms with van der Waals surface area (Å²) in [6.45, 7) is 4.40. The minimum Gasteiger partial charge on any atom is -0.453 e. The fourth-order valence-corrected chi connectivity index (χ4v) is 1.96. The van der Waals surface area contributed by atoms with Crippen molar-refractivity contribution in [2.45, 2.75) is 45.6 Å². The van der Waals surface area contributed by atoms with Crippen molar-refractivity contribution in [3.63, 3.8) is 0 Å². The number of methoxy groups -OCH3 is 1. The van der Waals surface area contributed by atoms with Gasteiger partial charge in [-0.3, -0.25) is 0 Å². The summed E-state index contributed by atoms with van der Waals surface area (Å²) in [4.78, 5) is 11.0. The van der Waals surface area contributed by atoms with Crippen LogP contribution in [0.5, 0.6) is 0 Å². The summed E-state index contributed by atoms with van der Waals surface area (Å²) in [5.74, 6) is 0. The van der Waals surface area contributed by atoms with E-state index in [4.69, 9.17) is 0 Å². The molecule has 1 amide bonds. The van der Waals surface area contributed by atoms with Crippen LogP contribution in [0.25, 0.3) is 0 Å². The number of nitrogens with one attached hydrogen (secondary N) is 1. The Kier molecular flexibility index (Phi) is 3.17. The second-order valence-electron chi connectivity index (χ2n) is 4.42. The van der Waals surface area contributed by atoms with E-state index in [-0.39, 0.29) is 17.6 Å². The fourth-order valence-electron chi connectivity index (χ4n) is 1.96. The molecular weight excluding hydrogens is 166 g/mol. The maximum absolute atomic E-state index is 11.0. The smallest absolute Gasteiger partial charge is 0.407 e. The lowest BCUT2D eigenvalue weighted by atomic mass is 9.73. The molecule has 0 radical (unpaired) electrons. The standard InChI is InChI=1S/C10H19NO2/c1-10(2)7-5-4-6-8(10)11-9(12)13-3/h8H,4-7H2,1-3H3,(H,11,12). The molecule has 0 aromatic heterocycles. The van der Waals surface area contributed by atoms with Crippen molar-refractivity contribution in [2.75, 3.05) is 7.11 Å². The van der Waals surface area contributed by atoms with E-state index < -0.39 is 0 Å². The maximum Gasteiger partial charge on any atom is 0.407 e. The largest absolute Gasteiger partial charge is 0.453 e. The number of alkyl carbamates (subject to hydrolysis) is 1. The van der Waals surface area contributed by atoms with Crippen LogP contribution in [0.4, 0.5) is 4.79 Å². The van der Waals surface area contributed by atoms with Crippen LogP contribution in [-0.4, -0.2) is 19.2 Å². The highest BCUT2D eigenvalue weighted by atomic mass is 16.5. The predicted octanol–water partition coefficient (Wildman–Crippen LogP) is 2.31. The van der Waals surface area contributed by atoms with Crippen molar-refractivity contribution in [3.8, 4) is 0 Å². The molecule has 1 aliphatic rings. The summed E-state index contributed by atoms with van der Waals surface area (Å²) in [6.07, 6.45) is 4.42. The zero-order chi connectivity index (χ0) is 9.90. The molecule has 1 rings (SSSR count). The van der Waals surface area contributed by atoms with Crippen LogP contribution in [0, 0.1) is 5.41 Å². The summed E-state index contributed by atoms with van der Waals surface area (Å²) in [7, 11) is 1.41. The predicted molar refractivity (Wildman–Crippen MR) is 51.6 cm³/mol. The van der Waals surface area contributed by atoms with Crippen LogP contribution in [0.1, 0.15) is 39.5 Å². The highest BCUT2D eigenvalue weighted by molar-refractivity contribution is 5.67. The Morgan fingerprint density at radius 3 is 2.69 bits per heavy atom. The van der Waals surface area contributed by atoms with Gasteiger partial charge in [0, 0.05) is 6.04 Å². The van der Waals surface area contributed by atoms with Gasteiger partial charge in [0.05, 0.1) is 7.11 Å². The normalized spacial score (nSPS) is 26.5. The number of hydrogen-bond donors (Lipinski definition) is 1. The number of hydrogen-bond acceptors (Lipinski definition) is 2. The Hall–Kier alpha value is -0.730. The lowest BCUT2D eigenvalue weighted by Gasteiger charge is -2.38. The summed E-state index contributed by atoms with van der Waals surface area (Å²) in [5.41, 5.74) is 0.215. The molecule has 1 atom stereocenters. The Bertz CT molecular complexity index is 189. The molecule has 76 valence electrons. The van der Waals surface area contributed by atoms with Crippen molar-refractivity contribution in [1.82, 2.24) is 5.32 Å². The molecular formula is C10H19NO2. The van der Waals surface area contributed by atoms with Gasteiger partial charge in [0.25, 0.3) is 0 Å². The van der Waals surface area contributed by atoms with E-state index in [0.29, 0.717) is 0 Å². The third-order valence-corrected chi connectivity index (χ3v) is 2.98. The van der Waals surface area contributed by atoms with Crippen molar-refractivity contribution in [2.24, 2.45) is 5.41 Å². The molecule has 3 heteroatoms. The second kappa shape index (κ2) is 3.99. The molecule has 0 aromatic carbocycles. The quantitative estimate of drug-likeness (QED) is 0.680. The van der Waals surface area contributed by atoms with Crippen LogP contribution in [-0.2, 0) is 4.74 Å². The zero-order valence-electron chi connectivity index (χ0n) is 8.72. The molecule has 1 aliphatic carbocycles. The van der Waals surface area contributed by atoms with E-state index >= 15 is 0 Å². The highest BCUT2D eigenvalue weighted by Crippen LogP contribution is 2.35. The van der Waals surface area contributed by atoms with Gasteiger partial charge in [-0.2, -0.15) is 0 Å². The van der Waals surface area contributed by atoms with E-state index in [0.717, 1.165) is 6.42 Å². The van der Waals surface area contributed by atoms with Gasteiger partial charge in [0.2, 0.25) is 0 Å². The van der Waals surface area contributed by atoms with Gasteiger partial charge in [-0.1, -0.05) is 26.7 Å². The first-order valence-electron chi connectivity index (χ1n) is 4.91. The van der Waals surface area contributed by atoms with E-state index in [9.17, 15) is 4.79 Å². The van der Waals surface area contributed by atoms with Gasteiger partial charge < -0.3 is 10.1 Å². The molecule has 0 saturated heterocycles. The summed E-state index contributed by atoms with van der Waals surface area (Å²) in [5, 5.41) is 2.90. The fraction of sp³-hybridized carbons (Fsp3) is 0.900. The molecule has 0 spiro atoms. The molecule has 3 nitrogen and oxygen atoms in total. The first-order chi connectivity index (χ1) is 6.06. The summed E-state index contributed by atoms with van der Waals surface area (Å²) < 4.78 is 4.60. The lowest BCUT2D eigenvalue weighted by molar-refractivity contribution is 0.131. The molecule has 1 N–H and O–H groups in total. The minimum absolute atomic E-state index is 0.215. The summed E-state index contributed by atoms with van der Waals surface area (Å²) >= 11 is 0. The Morgan fingerprint density at radius 2 is 2.15 bits per heavy atom. The topological polar surface area (TPSA) is 38.3 Å². The minimum atomic E-state index is -0.306. The van der Waals surface area contributed by atoms with E-state index in [1.807, 2.05) is 0 Å². The van der Waals surface area contributed by atoms with Gasteiger partial charge in [-0.05, 0) is 18.3 Å². The number of carbonyl (C=O) groups is 1. The number of amides is 1. The molecule has 0 aromatic rings. The molecule has 1 saturated carbocycles. The first-order valence-corrected chi connectivity index (χ1v) is 4.91. The van der Waals surface area contributed by atoms with Crippen LogP contribution in [0.15, 0.2) is 0 Å². The van der Waals surface area contributed by atoms with Crippen molar-refractivity contribution >= 4 is 6.09 Å². The lowest BCUT2D eigenvalue weighted by Crippen LogP contribution is -2.46. The molecule has 0 aliphatic heterocycles. The molecule has 13 heavy (non-hydrogen) atoms. The number of rotatable bonds is 1. The third-order valence-electron chi connectivity index (χ3n) is 2.98. The van der Waals surface area contributed by atoms with E-state index in [1.165, 1.54) is 26.4 Å². The Labute approximate surface area is 79.8 Å². The summed E-state index contributed by atoms with van der Waals surface area (Å²) in [6, 6.07) is 0.272. The van der Waals surface area contributed by atoms with Gasteiger partial charge in [0.1, 0.15) is 0 Å². The van der Waals surface area contributed by atoms with Crippen molar-refractivity contribution < 1.29 is 9.53 Å².